The van der Waals surface area contributed by atoms with Crippen LogP contribution in [0.5, 0.6) is 5.75 Å². The van der Waals surface area contributed by atoms with Crippen LogP contribution in [0.3, 0.4) is 0 Å². The summed E-state index contributed by atoms with van der Waals surface area (Å²) in [6, 6.07) is 7.76. The fraction of sp³-hybridized carbons (Fsp3) is 0.526. The van der Waals surface area contributed by atoms with Crippen LogP contribution in [-0.4, -0.2) is 66.0 Å². The molecule has 2 fully saturated rings. The van der Waals surface area contributed by atoms with Crippen LogP contribution in [-0.2, 0) is 0 Å². The van der Waals surface area contributed by atoms with Crippen molar-refractivity contribution >= 4 is 17.7 Å². The van der Waals surface area contributed by atoms with Crippen molar-refractivity contribution < 1.29 is 9.53 Å². The average molecular weight is 344 g/mol. The molecule has 128 valence electrons. The van der Waals surface area contributed by atoms with Gasteiger partial charge >= 0.3 is 0 Å². The number of hydrogen-bond acceptors (Lipinski definition) is 4. The number of ether oxygens (including phenoxy) is 1. The third-order valence-electron chi connectivity index (χ3n) is 4.86. The molecule has 5 heteroatoms. The zero-order chi connectivity index (χ0) is 16.9. The van der Waals surface area contributed by atoms with E-state index in [0.29, 0.717) is 22.6 Å². The summed E-state index contributed by atoms with van der Waals surface area (Å²) in [6.45, 7) is 4.25. The Morgan fingerprint density at radius 3 is 2.62 bits per heavy atom. The SMILES string of the molecule is C#CCOc1ccc(C(=O)N2C[C@H](SC)[C@@H](N3CCCC3)C2)cc1. The lowest BCUT2D eigenvalue weighted by Crippen LogP contribution is -2.40. The molecule has 0 N–H and O–H groups in total. The van der Waals surface area contributed by atoms with Gasteiger partial charge in [0.25, 0.3) is 5.91 Å². The topological polar surface area (TPSA) is 32.8 Å². The Bertz CT molecular complexity index is 605. The van der Waals surface area contributed by atoms with Crippen molar-refractivity contribution in [2.45, 2.75) is 24.1 Å². The Morgan fingerprint density at radius 2 is 2.00 bits per heavy atom. The molecule has 2 saturated heterocycles. The lowest BCUT2D eigenvalue weighted by Gasteiger charge is -2.27. The number of benzene rings is 1. The maximum Gasteiger partial charge on any atom is 0.253 e. The number of thioether (sulfide) groups is 1. The number of amides is 1. The lowest BCUT2D eigenvalue weighted by atomic mass is 10.2. The highest BCUT2D eigenvalue weighted by molar-refractivity contribution is 7.99. The van der Waals surface area contributed by atoms with Crippen molar-refractivity contribution in [1.82, 2.24) is 9.80 Å². The number of carbonyl (C=O) groups excluding carboxylic acids is 1. The fourth-order valence-electron chi connectivity index (χ4n) is 3.58. The van der Waals surface area contributed by atoms with E-state index in [1.165, 1.54) is 25.9 Å². The van der Waals surface area contributed by atoms with E-state index >= 15 is 0 Å². The number of hydrogen-bond donors (Lipinski definition) is 0. The molecule has 3 rings (SSSR count). The minimum atomic E-state index is 0.110. The van der Waals surface area contributed by atoms with Crippen LogP contribution in [0.4, 0.5) is 0 Å². The maximum absolute atomic E-state index is 12.8. The van der Waals surface area contributed by atoms with Crippen LogP contribution < -0.4 is 4.74 Å². The zero-order valence-corrected chi connectivity index (χ0v) is 14.9. The minimum Gasteiger partial charge on any atom is -0.481 e. The van der Waals surface area contributed by atoms with Gasteiger partial charge in [0.05, 0.1) is 0 Å². The molecule has 4 nitrogen and oxygen atoms in total. The summed E-state index contributed by atoms with van der Waals surface area (Å²) < 4.78 is 5.36. The summed E-state index contributed by atoms with van der Waals surface area (Å²) in [4.78, 5) is 17.4. The molecule has 1 amide bonds. The summed E-state index contributed by atoms with van der Waals surface area (Å²) in [5, 5.41) is 0.505. The summed E-state index contributed by atoms with van der Waals surface area (Å²) in [6.07, 6.45) is 9.90. The second kappa shape index (κ2) is 7.96. The molecule has 0 aliphatic carbocycles. The van der Waals surface area contributed by atoms with E-state index < -0.39 is 0 Å². The van der Waals surface area contributed by atoms with Crippen molar-refractivity contribution in [2.75, 3.05) is 39.0 Å². The normalized spacial score (nSPS) is 24.1. The van der Waals surface area contributed by atoms with Gasteiger partial charge in [-0.1, -0.05) is 5.92 Å². The van der Waals surface area contributed by atoms with Gasteiger partial charge in [-0.3, -0.25) is 9.69 Å². The van der Waals surface area contributed by atoms with Crippen molar-refractivity contribution in [1.29, 1.82) is 0 Å². The highest BCUT2D eigenvalue weighted by atomic mass is 32.2. The molecule has 0 bridgehead atoms. The van der Waals surface area contributed by atoms with Crippen LogP contribution in [0.15, 0.2) is 24.3 Å². The maximum atomic E-state index is 12.8. The number of nitrogens with zero attached hydrogens (tertiary/aromatic N) is 2. The molecular weight excluding hydrogens is 320 g/mol. The molecule has 0 spiro atoms. The van der Waals surface area contributed by atoms with Crippen LogP contribution in [0.25, 0.3) is 0 Å². The first-order chi connectivity index (χ1) is 11.7. The Morgan fingerprint density at radius 1 is 1.29 bits per heavy atom. The van der Waals surface area contributed by atoms with E-state index in [-0.39, 0.29) is 12.5 Å². The van der Waals surface area contributed by atoms with E-state index in [9.17, 15) is 4.79 Å². The number of carbonyl (C=O) groups is 1. The number of rotatable bonds is 5. The standard InChI is InChI=1S/C19H24N2O2S/c1-3-12-23-16-8-6-15(7-9-16)19(22)21-13-17(18(14-21)24-2)20-10-4-5-11-20/h1,6-9,17-18H,4-5,10-14H2,2H3/t17-,18-/m0/s1. The van der Waals surface area contributed by atoms with Gasteiger partial charge in [-0.05, 0) is 56.5 Å². The van der Waals surface area contributed by atoms with Crippen LogP contribution >= 0.6 is 11.8 Å². The van der Waals surface area contributed by atoms with E-state index in [2.05, 4.69) is 17.1 Å². The largest absolute Gasteiger partial charge is 0.481 e. The van der Waals surface area contributed by atoms with E-state index in [0.717, 1.165) is 13.1 Å². The van der Waals surface area contributed by atoms with Crippen molar-refractivity contribution in [3.8, 4) is 18.1 Å². The molecule has 2 aliphatic heterocycles. The van der Waals surface area contributed by atoms with E-state index in [1.54, 1.807) is 0 Å². The molecule has 24 heavy (non-hydrogen) atoms. The summed E-state index contributed by atoms with van der Waals surface area (Å²) in [5.74, 6) is 3.24. The van der Waals surface area contributed by atoms with Crippen molar-refractivity contribution in [3.05, 3.63) is 29.8 Å². The number of terminal acetylenes is 1. The first-order valence-corrected chi connectivity index (χ1v) is 9.74. The molecular formula is C19H24N2O2S. The summed E-state index contributed by atoms with van der Waals surface area (Å²) in [7, 11) is 0. The first-order valence-electron chi connectivity index (χ1n) is 8.45. The molecule has 0 unspecified atom stereocenters. The molecule has 0 radical (unpaired) electrons. The Labute approximate surface area is 148 Å². The molecule has 0 aromatic heterocycles. The zero-order valence-electron chi connectivity index (χ0n) is 14.1. The Kier molecular flexibility index (Phi) is 5.70. The highest BCUT2D eigenvalue weighted by Crippen LogP contribution is 2.29. The summed E-state index contributed by atoms with van der Waals surface area (Å²) in [5.41, 5.74) is 0.713. The van der Waals surface area contributed by atoms with Crippen molar-refractivity contribution in [3.63, 3.8) is 0 Å². The lowest BCUT2D eigenvalue weighted by molar-refractivity contribution is 0.0780. The Hall–Kier alpha value is -1.64. The predicted molar refractivity (Wildman–Crippen MR) is 98.6 cm³/mol. The minimum absolute atomic E-state index is 0.110. The fourth-order valence-corrected chi connectivity index (χ4v) is 4.48. The van der Waals surface area contributed by atoms with Gasteiger partial charge < -0.3 is 9.64 Å². The quantitative estimate of drug-likeness (QED) is 0.768. The van der Waals surface area contributed by atoms with E-state index in [4.69, 9.17) is 11.2 Å². The third-order valence-corrected chi connectivity index (χ3v) is 5.93. The summed E-state index contributed by atoms with van der Waals surface area (Å²) >= 11 is 1.88. The smallest absolute Gasteiger partial charge is 0.253 e. The van der Waals surface area contributed by atoms with Gasteiger partial charge in [0.2, 0.25) is 0 Å². The van der Waals surface area contributed by atoms with Gasteiger partial charge in [-0.15, -0.1) is 6.42 Å². The third kappa shape index (κ3) is 3.71. The molecule has 2 atom stereocenters. The number of likely N-dealkylation sites (tertiary alicyclic amines) is 2. The second-order valence-corrected chi connectivity index (χ2v) is 7.39. The molecule has 2 aliphatic rings. The first kappa shape index (κ1) is 17.2. The molecule has 0 saturated carbocycles. The average Bonchev–Trinajstić information content (AvgIpc) is 3.28. The molecule has 1 aromatic carbocycles. The molecule has 1 aromatic rings. The van der Waals surface area contributed by atoms with Gasteiger partial charge in [0.1, 0.15) is 12.4 Å². The van der Waals surface area contributed by atoms with Gasteiger partial charge in [0, 0.05) is 29.9 Å². The van der Waals surface area contributed by atoms with E-state index in [1.807, 2.05) is 40.9 Å². The van der Waals surface area contributed by atoms with Crippen LogP contribution in [0.2, 0.25) is 0 Å². The van der Waals surface area contributed by atoms with Crippen LogP contribution in [0.1, 0.15) is 23.2 Å². The molecule has 2 heterocycles. The van der Waals surface area contributed by atoms with Crippen molar-refractivity contribution in [2.24, 2.45) is 0 Å². The van der Waals surface area contributed by atoms with Gasteiger partial charge in [-0.2, -0.15) is 11.8 Å². The van der Waals surface area contributed by atoms with Gasteiger partial charge in [-0.25, -0.2) is 0 Å². The monoisotopic (exact) mass is 344 g/mol. The van der Waals surface area contributed by atoms with Gasteiger partial charge in [0.15, 0.2) is 0 Å². The van der Waals surface area contributed by atoms with Crippen LogP contribution in [0, 0.1) is 12.3 Å². The predicted octanol–water partition coefficient (Wildman–Crippen LogP) is 2.35. The Balaban J connectivity index is 1.65. The second-order valence-electron chi connectivity index (χ2n) is 6.31. The highest BCUT2D eigenvalue weighted by Gasteiger charge is 2.39.